The highest BCUT2D eigenvalue weighted by Gasteiger charge is 2.32. The summed E-state index contributed by atoms with van der Waals surface area (Å²) in [5.74, 6) is -1.03. The van der Waals surface area contributed by atoms with E-state index < -0.39 is 5.97 Å². The number of carbonyl (C=O) groups excluding carboxylic acids is 1. The molecule has 2 aliphatic carbocycles. The van der Waals surface area contributed by atoms with Crippen LogP contribution in [0.15, 0.2) is 84.9 Å². The Hall–Kier alpha value is -3.77. The van der Waals surface area contributed by atoms with Gasteiger partial charge in [-0.05, 0) is 130 Å². The van der Waals surface area contributed by atoms with Gasteiger partial charge >= 0.3 is 5.97 Å². The van der Waals surface area contributed by atoms with Gasteiger partial charge in [0.15, 0.2) is 0 Å². The molecule has 0 aliphatic heterocycles. The van der Waals surface area contributed by atoms with Gasteiger partial charge in [-0.25, -0.2) is 13.6 Å². The molecule has 0 radical (unpaired) electrons. The predicted octanol–water partition coefficient (Wildman–Crippen LogP) is 12.0. The predicted molar refractivity (Wildman–Crippen MR) is 193 cm³/mol. The lowest BCUT2D eigenvalue weighted by atomic mass is 9.79. The Morgan fingerprint density at radius 3 is 1.60 bits per heavy atom. The molecule has 7 heteroatoms. The maximum Gasteiger partial charge on any atom is 0.337 e. The van der Waals surface area contributed by atoms with Crippen molar-refractivity contribution in [1.29, 1.82) is 0 Å². The summed E-state index contributed by atoms with van der Waals surface area (Å²) in [6.07, 6.45) is 8.46. The van der Waals surface area contributed by atoms with Crippen LogP contribution in [0.2, 0.25) is 10.0 Å². The fraction of sp³-hybridized carbons (Fsp3) is 0.293. The highest BCUT2D eigenvalue weighted by atomic mass is 35.5. The van der Waals surface area contributed by atoms with E-state index in [2.05, 4.69) is 39.8 Å². The lowest BCUT2D eigenvalue weighted by Gasteiger charge is -2.25. The van der Waals surface area contributed by atoms with E-state index in [4.69, 9.17) is 27.9 Å². The highest BCUT2D eigenvalue weighted by molar-refractivity contribution is 6.31. The van der Waals surface area contributed by atoms with Crippen LogP contribution < -0.4 is 0 Å². The van der Waals surface area contributed by atoms with E-state index in [1.165, 1.54) is 30.9 Å². The van der Waals surface area contributed by atoms with E-state index in [0.717, 1.165) is 59.1 Å². The highest BCUT2D eigenvalue weighted by Crippen LogP contribution is 2.48. The number of aliphatic hydroxyl groups excluding tert-OH is 1. The fourth-order valence-electron chi connectivity index (χ4n) is 6.73. The molecule has 0 aromatic heterocycles. The molecule has 4 aromatic rings. The van der Waals surface area contributed by atoms with Crippen LogP contribution in [0, 0.1) is 22.5 Å². The van der Waals surface area contributed by atoms with Gasteiger partial charge in [-0.1, -0.05) is 81.2 Å². The Morgan fingerprint density at radius 2 is 1.17 bits per heavy atom. The molecule has 0 fully saturated rings. The van der Waals surface area contributed by atoms with Crippen LogP contribution >= 0.6 is 23.2 Å². The van der Waals surface area contributed by atoms with Gasteiger partial charge in [0.1, 0.15) is 11.6 Å². The summed E-state index contributed by atoms with van der Waals surface area (Å²) < 4.78 is 33.7. The number of rotatable bonds is 6. The molecular formula is C41H40Cl2F2O3. The Bertz CT molecular complexity index is 1920. The first kappa shape index (κ1) is 35.5. The van der Waals surface area contributed by atoms with Crippen molar-refractivity contribution in [2.45, 2.75) is 60.0 Å². The monoisotopic (exact) mass is 688 g/mol. The number of ether oxygens (including phenoxy) is 1. The molecule has 0 spiro atoms. The number of halogens is 4. The SMILES string of the molecule is CC1(C)CCC=C1c1cc(CO)ccc1-c1cc(Cl)ccc1F.COC(=O)c1ccc(-c2cc(Cl)ccc2F)c(C2=CCCC2(C)C)c1. The van der Waals surface area contributed by atoms with E-state index in [9.17, 15) is 18.7 Å². The van der Waals surface area contributed by atoms with Crippen molar-refractivity contribution in [2.75, 3.05) is 7.11 Å². The second-order valence-electron chi connectivity index (χ2n) is 13.6. The van der Waals surface area contributed by atoms with Gasteiger partial charge in [-0.15, -0.1) is 0 Å². The second kappa shape index (κ2) is 14.4. The van der Waals surface area contributed by atoms with Crippen LogP contribution in [0.1, 0.15) is 80.4 Å². The Kier molecular flexibility index (Phi) is 10.6. The van der Waals surface area contributed by atoms with Crippen molar-refractivity contribution in [1.82, 2.24) is 0 Å². The molecule has 4 aromatic carbocycles. The minimum atomic E-state index is -0.407. The van der Waals surface area contributed by atoms with E-state index >= 15 is 0 Å². The first-order valence-corrected chi connectivity index (χ1v) is 16.8. The molecule has 0 saturated heterocycles. The number of aliphatic hydroxyl groups is 1. The van der Waals surface area contributed by atoms with Crippen molar-refractivity contribution >= 4 is 40.3 Å². The summed E-state index contributed by atoms with van der Waals surface area (Å²) in [4.78, 5) is 12.0. The summed E-state index contributed by atoms with van der Waals surface area (Å²) >= 11 is 12.2. The molecule has 3 nitrogen and oxygen atoms in total. The van der Waals surface area contributed by atoms with E-state index in [-0.39, 0.29) is 29.1 Å². The summed E-state index contributed by atoms with van der Waals surface area (Å²) in [7, 11) is 1.35. The molecule has 6 rings (SSSR count). The van der Waals surface area contributed by atoms with Crippen molar-refractivity contribution < 1.29 is 23.4 Å². The van der Waals surface area contributed by atoms with Gasteiger partial charge in [0.05, 0.1) is 19.3 Å². The zero-order chi connectivity index (χ0) is 34.8. The summed E-state index contributed by atoms with van der Waals surface area (Å²) in [5.41, 5.74) is 7.93. The summed E-state index contributed by atoms with van der Waals surface area (Å²) in [6, 6.07) is 20.0. The Balaban J connectivity index is 0.000000188. The van der Waals surface area contributed by atoms with E-state index in [1.807, 2.05) is 18.2 Å². The third kappa shape index (κ3) is 7.44. The number of allylic oxidation sites excluding steroid dienone is 4. The third-order valence-electron chi connectivity index (χ3n) is 9.42. The van der Waals surface area contributed by atoms with Gasteiger partial charge in [0.25, 0.3) is 0 Å². The van der Waals surface area contributed by atoms with Crippen molar-refractivity contribution in [2.24, 2.45) is 10.8 Å². The smallest absolute Gasteiger partial charge is 0.337 e. The molecule has 0 unspecified atom stereocenters. The van der Waals surface area contributed by atoms with Crippen LogP contribution in [0.25, 0.3) is 33.4 Å². The molecule has 0 heterocycles. The standard InChI is InChI=1S/C21H20ClFO2.C20H20ClFO/c1-21(2)10-4-5-18(21)16-11-13(20(24)25-3)6-8-15(16)17-12-14(22)7-9-19(17)23;1-20(2)9-3-4-18(20)16-10-13(12-23)5-7-15(16)17-11-14(21)6-8-19(17)22/h5-9,11-12H,4,10H2,1-3H3;4-8,10-11,23H,3,9,12H2,1-2H3. The third-order valence-corrected chi connectivity index (χ3v) is 9.89. The number of carbonyl (C=O) groups is 1. The molecule has 2 aliphatic rings. The number of hydrogen-bond donors (Lipinski definition) is 1. The molecule has 250 valence electrons. The number of benzene rings is 4. The van der Waals surface area contributed by atoms with Crippen molar-refractivity contribution in [3.63, 3.8) is 0 Å². The van der Waals surface area contributed by atoms with Crippen LogP contribution in [0.4, 0.5) is 8.78 Å². The lowest BCUT2D eigenvalue weighted by Crippen LogP contribution is -2.11. The molecule has 0 saturated carbocycles. The zero-order valence-electron chi connectivity index (χ0n) is 27.9. The van der Waals surface area contributed by atoms with Crippen LogP contribution in [-0.4, -0.2) is 18.2 Å². The molecule has 0 atom stereocenters. The number of methoxy groups -OCH3 is 1. The van der Waals surface area contributed by atoms with Gasteiger partial charge in [0.2, 0.25) is 0 Å². The van der Waals surface area contributed by atoms with Gasteiger partial charge in [0, 0.05) is 21.2 Å². The maximum atomic E-state index is 14.5. The van der Waals surface area contributed by atoms with Crippen molar-refractivity contribution in [3.8, 4) is 22.3 Å². The number of esters is 1. The Morgan fingerprint density at radius 1 is 0.688 bits per heavy atom. The van der Waals surface area contributed by atoms with Crippen LogP contribution in [0.3, 0.4) is 0 Å². The molecular weight excluding hydrogens is 649 g/mol. The molecule has 0 bridgehead atoms. The van der Waals surface area contributed by atoms with Gasteiger partial charge in [-0.3, -0.25) is 0 Å². The maximum absolute atomic E-state index is 14.5. The first-order valence-electron chi connectivity index (χ1n) is 16.0. The van der Waals surface area contributed by atoms with Gasteiger partial charge < -0.3 is 9.84 Å². The summed E-state index contributed by atoms with van der Waals surface area (Å²) in [5, 5.41) is 10.5. The average molecular weight is 690 g/mol. The normalized spacial score (nSPS) is 16.1. The van der Waals surface area contributed by atoms with E-state index in [1.54, 1.807) is 36.4 Å². The van der Waals surface area contributed by atoms with Crippen LogP contribution in [-0.2, 0) is 11.3 Å². The van der Waals surface area contributed by atoms with E-state index in [0.29, 0.717) is 26.7 Å². The number of hydrogen-bond acceptors (Lipinski definition) is 3. The molecule has 0 amide bonds. The second-order valence-corrected chi connectivity index (χ2v) is 14.5. The molecule has 48 heavy (non-hydrogen) atoms. The topological polar surface area (TPSA) is 46.5 Å². The average Bonchev–Trinajstić information content (AvgIpc) is 3.61. The minimum Gasteiger partial charge on any atom is -0.465 e. The zero-order valence-corrected chi connectivity index (χ0v) is 29.4. The van der Waals surface area contributed by atoms with Gasteiger partial charge in [-0.2, -0.15) is 0 Å². The van der Waals surface area contributed by atoms with Crippen molar-refractivity contribution in [3.05, 3.63) is 129 Å². The first-order chi connectivity index (χ1) is 22.8. The quantitative estimate of drug-likeness (QED) is 0.205. The minimum absolute atomic E-state index is 0.0288. The largest absolute Gasteiger partial charge is 0.465 e. The van der Waals surface area contributed by atoms with Crippen LogP contribution in [0.5, 0.6) is 0 Å². The fourth-order valence-corrected chi connectivity index (χ4v) is 7.07. The lowest BCUT2D eigenvalue weighted by molar-refractivity contribution is 0.0600. The summed E-state index contributed by atoms with van der Waals surface area (Å²) in [6.45, 7) is 8.70. The molecule has 1 N–H and O–H groups in total. The Labute approximate surface area is 291 Å².